The topological polar surface area (TPSA) is 40.6 Å². The molecule has 0 aromatic heterocycles. The van der Waals surface area contributed by atoms with Crippen LogP contribution in [0.1, 0.15) is 18.4 Å². The Morgan fingerprint density at radius 3 is 2.60 bits per heavy atom. The third-order valence-corrected chi connectivity index (χ3v) is 4.36. The van der Waals surface area contributed by atoms with Crippen molar-refractivity contribution in [3.63, 3.8) is 0 Å². The second-order valence-corrected chi connectivity index (χ2v) is 5.99. The van der Waals surface area contributed by atoms with Crippen LogP contribution in [0.2, 0.25) is 5.02 Å². The molecular formula is C15H17ClN2O2. The SMILES string of the molecule is Cc1ccc(N2CCN(CC3CC3)C(=O)C2=O)cc1Cl. The number of hydrogen-bond donors (Lipinski definition) is 0. The van der Waals surface area contributed by atoms with Gasteiger partial charge in [-0.2, -0.15) is 0 Å². The van der Waals surface area contributed by atoms with Gasteiger partial charge in [-0.1, -0.05) is 17.7 Å². The van der Waals surface area contributed by atoms with Crippen LogP contribution < -0.4 is 4.90 Å². The maximum Gasteiger partial charge on any atom is 0.316 e. The zero-order chi connectivity index (χ0) is 14.3. The Balaban J connectivity index is 1.76. The molecule has 1 aromatic rings. The molecule has 1 aromatic carbocycles. The van der Waals surface area contributed by atoms with Gasteiger partial charge < -0.3 is 9.80 Å². The average Bonchev–Trinajstić information content (AvgIpc) is 3.23. The van der Waals surface area contributed by atoms with Crippen molar-refractivity contribution in [1.82, 2.24) is 4.90 Å². The van der Waals surface area contributed by atoms with Crippen molar-refractivity contribution in [2.45, 2.75) is 19.8 Å². The maximum atomic E-state index is 12.2. The molecule has 20 heavy (non-hydrogen) atoms. The summed E-state index contributed by atoms with van der Waals surface area (Å²) in [5, 5.41) is 0.614. The van der Waals surface area contributed by atoms with Crippen LogP contribution in [0, 0.1) is 12.8 Å². The van der Waals surface area contributed by atoms with Crippen LogP contribution in [-0.4, -0.2) is 36.3 Å². The van der Waals surface area contributed by atoms with Crippen molar-refractivity contribution in [3.05, 3.63) is 28.8 Å². The predicted molar refractivity (Wildman–Crippen MR) is 77.8 cm³/mol. The third-order valence-electron chi connectivity index (χ3n) is 3.95. The molecular weight excluding hydrogens is 276 g/mol. The number of carbonyl (C=O) groups excluding carboxylic acids is 2. The number of rotatable bonds is 3. The van der Waals surface area contributed by atoms with Gasteiger partial charge in [0.05, 0.1) is 0 Å². The number of piperazine rings is 1. The molecule has 5 heteroatoms. The summed E-state index contributed by atoms with van der Waals surface area (Å²) in [5.41, 5.74) is 1.66. The molecule has 2 amide bonds. The Morgan fingerprint density at radius 2 is 1.95 bits per heavy atom. The highest BCUT2D eigenvalue weighted by molar-refractivity contribution is 6.41. The third kappa shape index (κ3) is 2.52. The van der Waals surface area contributed by atoms with E-state index in [-0.39, 0.29) is 5.91 Å². The summed E-state index contributed by atoms with van der Waals surface area (Å²) in [6.45, 7) is 3.78. The van der Waals surface area contributed by atoms with Gasteiger partial charge in [-0.3, -0.25) is 9.59 Å². The fraction of sp³-hybridized carbons (Fsp3) is 0.467. The second-order valence-electron chi connectivity index (χ2n) is 5.58. The molecule has 2 aliphatic rings. The normalized spacial score (nSPS) is 19.7. The molecule has 0 spiro atoms. The van der Waals surface area contributed by atoms with Gasteiger partial charge in [0.2, 0.25) is 0 Å². The average molecular weight is 293 g/mol. The summed E-state index contributed by atoms with van der Waals surface area (Å²) in [5.74, 6) is -0.233. The monoisotopic (exact) mass is 292 g/mol. The minimum Gasteiger partial charge on any atom is -0.332 e. The fourth-order valence-electron chi connectivity index (χ4n) is 2.46. The highest BCUT2D eigenvalue weighted by atomic mass is 35.5. The van der Waals surface area contributed by atoms with Gasteiger partial charge in [-0.25, -0.2) is 0 Å². The number of benzene rings is 1. The van der Waals surface area contributed by atoms with E-state index in [0.717, 1.165) is 12.1 Å². The molecule has 1 saturated carbocycles. The van der Waals surface area contributed by atoms with E-state index in [1.54, 1.807) is 11.0 Å². The molecule has 0 atom stereocenters. The standard InChI is InChI=1S/C15H17ClN2O2/c1-10-2-5-12(8-13(10)16)18-7-6-17(9-11-3-4-11)14(19)15(18)20/h2,5,8,11H,3-4,6-7,9H2,1H3. The molecule has 3 rings (SSSR count). The van der Waals surface area contributed by atoms with Gasteiger partial charge in [0, 0.05) is 30.3 Å². The maximum absolute atomic E-state index is 12.2. The van der Waals surface area contributed by atoms with E-state index in [1.165, 1.54) is 17.7 Å². The Morgan fingerprint density at radius 1 is 1.20 bits per heavy atom. The number of halogens is 1. The summed E-state index contributed by atoms with van der Waals surface area (Å²) < 4.78 is 0. The quantitative estimate of drug-likeness (QED) is 0.802. The minimum atomic E-state index is -0.447. The Hall–Kier alpha value is -1.55. The van der Waals surface area contributed by atoms with Crippen molar-refractivity contribution < 1.29 is 9.59 Å². The van der Waals surface area contributed by atoms with E-state index in [9.17, 15) is 9.59 Å². The number of hydrogen-bond acceptors (Lipinski definition) is 2. The van der Waals surface area contributed by atoms with E-state index >= 15 is 0 Å². The number of anilines is 1. The van der Waals surface area contributed by atoms with Gasteiger partial charge in [0.1, 0.15) is 0 Å². The van der Waals surface area contributed by atoms with E-state index in [0.29, 0.717) is 29.7 Å². The van der Waals surface area contributed by atoms with Crippen LogP contribution in [0.4, 0.5) is 5.69 Å². The Bertz CT molecular complexity index is 569. The first-order valence-electron chi connectivity index (χ1n) is 6.93. The van der Waals surface area contributed by atoms with Gasteiger partial charge in [0.15, 0.2) is 0 Å². The Kier molecular flexibility index (Phi) is 3.42. The molecule has 0 bridgehead atoms. The van der Waals surface area contributed by atoms with Crippen LogP contribution in [0.3, 0.4) is 0 Å². The van der Waals surface area contributed by atoms with Crippen molar-refractivity contribution in [2.24, 2.45) is 5.92 Å². The van der Waals surface area contributed by atoms with Crippen molar-refractivity contribution in [3.8, 4) is 0 Å². The Labute approximate surface area is 123 Å². The van der Waals surface area contributed by atoms with Crippen LogP contribution in [0.15, 0.2) is 18.2 Å². The lowest BCUT2D eigenvalue weighted by Gasteiger charge is -2.34. The fourth-order valence-corrected chi connectivity index (χ4v) is 2.63. The summed E-state index contributed by atoms with van der Waals surface area (Å²) in [6, 6.07) is 5.45. The number of nitrogens with zero attached hydrogens (tertiary/aromatic N) is 2. The molecule has 0 unspecified atom stereocenters. The summed E-state index contributed by atoms with van der Waals surface area (Å²) in [4.78, 5) is 27.6. The molecule has 1 aliphatic carbocycles. The second kappa shape index (κ2) is 5.09. The number of amides is 2. The van der Waals surface area contributed by atoms with Gasteiger partial charge in [0.25, 0.3) is 0 Å². The highest BCUT2D eigenvalue weighted by Gasteiger charge is 2.36. The van der Waals surface area contributed by atoms with Gasteiger partial charge in [-0.05, 0) is 43.4 Å². The molecule has 0 radical (unpaired) electrons. The lowest BCUT2D eigenvalue weighted by Crippen LogP contribution is -2.55. The minimum absolute atomic E-state index is 0.389. The molecule has 1 heterocycles. The van der Waals surface area contributed by atoms with Crippen LogP contribution >= 0.6 is 11.6 Å². The smallest absolute Gasteiger partial charge is 0.316 e. The first kappa shape index (κ1) is 13.4. The van der Waals surface area contributed by atoms with E-state index < -0.39 is 5.91 Å². The predicted octanol–water partition coefficient (Wildman–Crippen LogP) is 2.23. The van der Waals surface area contributed by atoms with E-state index in [2.05, 4.69) is 0 Å². The van der Waals surface area contributed by atoms with Crippen LogP contribution in [-0.2, 0) is 9.59 Å². The van der Waals surface area contributed by atoms with Crippen molar-refractivity contribution in [1.29, 1.82) is 0 Å². The van der Waals surface area contributed by atoms with E-state index in [4.69, 9.17) is 11.6 Å². The molecule has 1 saturated heterocycles. The number of carbonyl (C=O) groups is 2. The first-order valence-corrected chi connectivity index (χ1v) is 7.31. The van der Waals surface area contributed by atoms with Crippen LogP contribution in [0.5, 0.6) is 0 Å². The van der Waals surface area contributed by atoms with E-state index in [1.807, 2.05) is 19.1 Å². The summed E-state index contributed by atoms with van der Waals surface area (Å²) in [7, 11) is 0. The lowest BCUT2D eigenvalue weighted by atomic mass is 10.2. The number of aryl methyl sites for hydroxylation is 1. The highest BCUT2D eigenvalue weighted by Crippen LogP contribution is 2.31. The molecule has 2 fully saturated rings. The largest absolute Gasteiger partial charge is 0.332 e. The van der Waals surface area contributed by atoms with Crippen molar-refractivity contribution >= 4 is 29.1 Å². The van der Waals surface area contributed by atoms with Crippen molar-refractivity contribution in [2.75, 3.05) is 24.5 Å². The summed E-state index contributed by atoms with van der Waals surface area (Å²) >= 11 is 6.09. The van der Waals surface area contributed by atoms with Gasteiger partial charge >= 0.3 is 11.8 Å². The van der Waals surface area contributed by atoms with Gasteiger partial charge in [-0.15, -0.1) is 0 Å². The molecule has 1 aliphatic heterocycles. The first-order chi connectivity index (χ1) is 9.56. The zero-order valence-electron chi connectivity index (χ0n) is 11.4. The molecule has 106 valence electrons. The van der Waals surface area contributed by atoms with Crippen LogP contribution in [0.25, 0.3) is 0 Å². The molecule has 0 N–H and O–H groups in total. The zero-order valence-corrected chi connectivity index (χ0v) is 12.2. The molecule has 4 nitrogen and oxygen atoms in total. The summed E-state index contributed by atoms with van der Waals surface area (Å²) in [6.07, 6.45) is 2.35. The lowest BCUT2D eigenvalue weighted by molar-refractivity contribution is -0.146.